The molecule has 0 fully saturated rings. The van der Waals surface area contributed by atoms with Crippen LogP contribution in [0.15, 0.2) is 42.5 Å². The molecule has 1 atom stereocenters. The van der Waals surface area contributed by atoms with Crippen LogP contribution in [0.25, 0.3) is 0 Å². The third kappa shape index (κ3) is 3.05. The van der Waals surface area contributed by atoms with Crippen LogP contribution in [-0.4, -0.2) is 11.0 Å². The lowest BCUT2D eigenvalue weighted by Gasteiger charge is -2.26. The number of phenolic OH excluding ortho intramolecular Hbond substituents is 1. The van der Waals surface area contributed by atoms with Crippen molar-refractivity contribution in [3.63, 3.8) is 0 Å². The molecule has 1 amide bonds. The number of aromatic hydroxyl groups is 1. The van der Waals surface area contributed by atoms with Crippen LogP contribution in [0.1, 0.15) is 40.4 Å². The molecule has 3 nitrogen and oxygen atoms in total. The van der Waals surface area contributed by atoms with Gasteiger partial charge in [-0.3, -0.25) is 4.79 Å². The number of aryl methyl sites for hydroxylation is 1. The van der Waals surface area contributed by atoms with Gasteiger partial charge in [0, 0.05) is 5.56 Å². The van der Waals surface area contributed by atoms with Crippen molar-refractivity contribution in [2.45, 2.75) is 25.3 Å². The number of phenols is 1. The van der Waals surface area contributed by atoms with Crippen molar-refractivity contribution < 1.29 is 9.90 Å². The molecule has 0 spiro atoms. The van der Waals surface area contributed by atoms with Gasteiger partial charge >= 0.3 is 0 Å². The Morgan fingerprint density at radius 2 is 2.05 bits per heavy atom. The molecule has 2 aromatic rings. The van der Waals surface area contributed by atoms with Crippen molar-refractivity contribution in [1.82, 2.24) is 5.32 Å². The largest absolute Gasteiger partial charge is 0.507 e. The quantitative estimate of drug-likeness (QED) is 0.763. The molecule has 0 aliphatic heterocycles. The van der Waals surface area contributed by atoms with E-state index in [2.05, 4.69) is 17.4 Å². The van der Waals surface area contributed by atoms with Crippen LogP contribution in [0.3, 0.4) is 0 Å². The molecule has 0 radical (unpaired) electrons. The van der Waals surface area contributed by atoms with Gasteiger partial charge in [0.05, 0.1) is 9.61 Å². The van der Waals surface area contributed by atoms with Gasteiger partial charge in [0.25, 0.3) is 5.91 Å². The second-order valence-electron chi connectivity index (χ2n) is 5.28. The summed E-state index contributed by atoms with van der Waals surface area (Å²) in [5.74, 6) is 0.00990. The summed E-state index contributed by atoms with van der Waals surface area (Å²) in [6.45, 7) is 0. The van der Waals surface area contributed by atoms with Crippen LogP contribution in [0.2, 0.25) is 0 Å². The molecule has 0 heterocycles. The van der Waals surface area contributed by atoms with Crippen molar-refractivity contribution in [1.29, 1.82) is 0 Å². The predicted octanol–water partition coefficient (Wildman–Crippen LogP) is 3.80. The molecule has 3 rings (SSSR count). The van der Waals surface area contributed by atoms with Crippen molar-refractivity contribution >= 4 is 28.5 Å². The average molecular weight is 393 g/mol. The lowest BCUT2D eigenvalue weighted by atomic mass is 9.87. The summed E-state index contributed by atoms with van der Waals surface area (Å²) in [5.41, 5.74) is 3.03. The highest BCUT2D eigenvalue weighted by molar-refractivity contribution is 14.1. The van der Waals surface area contributed by atoms with E-state index >= 15 is 0 Å². The number of hydrogen-bond acceptors (Lipinski definition) is 2. The molecule has 108 valence electrons. The first kappa shape index (κ1) is 14.4. The summed E-state index contributed by atoms with van der Waals surface area (Å²) in [5, 5.41) is 12.8. The fourth-order valence-electron chi connectivity index (χ4n) is 2.80. The Labute approximate surface area is 137 Å². The van der Waals surface area contributed by atoms with E-state index in [9.17, 15) is 9.90 Å². The van der Waals surface area contributed by atoms with Crippen molar-refractivity contribution in [2.75, 3.05) is 0 Å². The Morgan fingerprint density at radius 1 is 1.24 bits per heavy atom. The molecule has 1 aliphatic carbocycles. The van der Waals surface area contributed by atoms with Gasteiger partial charge in [0.15, 0.2) is 0 Å². The summed E-state index contributed by atoms with van der Waals surface area (Å²) in [7, 11) is 0. The van der Waals surface area contributed by atoms with E-state index in [1.807, 2.05) is 34.7 Å². The van der Waals surface area contributed by atoms with E-state index in [0.29, 0.717) is 5.56 Å². The molecule has 0 aromatic heterocycles. The Morgan fingerprint density at radius 3 is 2.86 bits per heavy atom. The van der Waals surface area contributed by atoms with E-state index in [-0.39, 0.29) is 17.7 Å². The lowest BCUT2D eigenvalue weighted by Crippen LogP contribution is -2.30. The van der Waals surface area contributed by atoms with Gasteiger partial charge in [-0.1, -0.05) is 24.3 Å². The van der Waals surface area contributed by atoms with Crippen LogP contribution >= 0.6 is 22.6 Å². The van der Waals surface area contributed by atoms with E-state index < -0.39 is 0 Å². The summed E-state index contributed by atoms with van der Waals surface area (Å²) < 4.78 is 0.743. The summed E-state index contributed by atoms with van der Waals surface area (Å²) in [6, 6.07) is 13.3. The molecule has 2 N–H and O–H groups in total. The van der Waals surface area contributed by atoms with E-state index in [0.717, 1.165) is 22.8 Å². The van der Waals surface area contributed by atoms with E-state index in [1.54, 1.807) is 12.1 Å². The topological polar surface area (TPSA) is 49.3 Å². The van der Waals surface area contributed by atoms with Gasteiger partial charge in [-0.05, 0) is 71.2 Å². The highest BCUT2D eigenvalue weighted by atomic mass is 127. The maximum absolute atomic E-state index is 12.4. The number of nitrogens with one attached hydrogen (secondary N) is 1. The molecule has 0 saturated carbocycles. The second kappa shape index (κ2) is 6.05. The molecule has 0 bridgehead atoms. The Bertz CT molecular complexity index is 684. The number of benzene rings is 2. The van der Waals surface area contributed by atoms with Crippen LogP contribution < -0.4 is 5.32 Å². The first-order valence-electron chi connectivity index (χ1n) is 7.02. The van der Waals surface area contributed by atoms with Gasteiger partial charge in [0.1, 0.15) is 5.75 Å². The van der Waals surface area contributed by atoms with Crippen LogP contribution in [0, 0.1) is 3.57 Å². The second-order valence-corrected chi connectivity index (χ2v) is 6.45. The Hall–Kier alpha value is -1.56. The first-order chi connectivity index (χ1) is 10.1. The highest BCUT2D eigenvalue weighted by Gasteiger charge is 2.22. The summed E-state index contributed by atoms with van der Waals surface area (Å²) >= 11 is 2.04. The van der Waals surface area contributed by atoms with Gasteiger partial charge in [-0.15, -0.1) is 0 Å². The standard InChI is InChI=1S/C17H16INO2/c18-14-9-8-12(10-16(14)20)17(21)19-15-7-3-5-11-4-1-2-6-13(11)15/h1-2,4,6,8-10,15,20H,3,5,7H2,(H,19,21). The molecule has 1 aliphatic rings. The smallest absolute Gasteiger partial charge is 0.251 e. The summed E-state index contributed by atoms with van der Waals surface area (Å²) in [6.07, 6.45) is 3.12. The maximum atomic E-state index is 12.4. The van der Waals surface area contributed by atoms with Gasteiger partial charge in [-0.25, -0.2) is 0 Å². The van der Waals surface area contributed by atoms with Crippen LogP contribution in [-0.2, 0) is 6.42 Å². The molecular formula is C17H16INO2. The van der Waals surface area contributed by atoms with Gasteiger partial charge < -0.3 is 10.4 Å². The molecule has 0 saturated heterocycles. The molecule has 21 heavy (non-hydrogen) atoms. The third-order valence-corrected chi connectivity index (χ3v) is 4.80. The minimum atomic E-state index is -0.136. The minimum absolute atomic E-state index is 0.0591. The van der Waals surface area contributed by atoms with Gasteiger partial charge in [0.2, 0.25) is 0 Å². The van der Waals surface area contributed by atoms with E-state index in [4.69, 9.17) is 0 Å². The molecule has 2 aromatic carbocycles. The SMILES string of the molecule is O=C(NC1CCCc2ccccc21)c1ccc(I)c(O)c1. The zero-order chi connectivity index (χ0) is 14.8. The molecule has 1 unspecified atom stereocenters. The number of carbonyl (C=O) groups excluding carboxylic acids is 1. The number of halogens is 1. The minimum Gasteiger partial charge on any atom is -0.507 e. The lowest BCUT2D eigenvalue weighted by molar-refractivity contribution is 0.0932. The number of hydrogen-bond donors (Lipinski definition) is 2. The molecule has 4 heteroatoms. The normalized spacial score (nSPS) is 17.1. The fraction of sp³-hybridized carbons (Fsp3) is 0.235. The maximum Gasteiger partial charge on any atom is 0.251 e. The van der Waals surface area contributed by atoms with Crippen LogP contribution in [0.5, 0.6) is 5.75 Å². The van der Waals surface area contributed by atoms with E-state index in [1.165, 1.54) is 17.2 Å². The number of amides is 1. The zero-order valence-electron chi connectivity index (χ0n) is 11.5. The van der Waals surface area contributed by atoms with Gasteiger partial charge in [-0.2, -0.15) is 0 Å². The zero-order valence-corrected chi connectivity index (χ0v) is 13.6. The average Bonchev–Trinajstić information content (AvgIpc) is 2.50. The number of fused-ring (bicyclic) bond motifs is 1. The van der Waals surface area contributed by atoms with Crippen molar-refractivity contribution in [3.8, 4) is 5.75 Å². The first-order valence-corrected chi connectivity index (χ1v) is 8.10. The Balaban J connectivity index is 1.81. The van der Waals surface area contributed by atoms with Crippen molar-refractivity contribution in [3.05, 3.63) is 62.7 Å². The van der Waals surface area contributed by atoms with Crippen LogP contribution in [0.4, 0.5) is 0 Å². The summed E-state index contributed by atoms with van der Waals surface area (Å²) in [4.78, 5) is 12.4. The molecular weight excluding hydrogens is 377 g/mol. The Kier molecular flexibility index (Phi) is 4.14. The monoisotopic (exact) mass is 393 g/mol. The van der Waals surface area contributed by atoms with Crippen molar-refractivity contribution in [2.24, 2.45) is 0 Å². The highest BCUT2D eigenvalue weighted by Crippen LogP contribution is 2.30. The fourth-order valence-corrected chi connectivity index (χ4v) is 3.13. The number of carbonyl (C=O) groups is 1. The predicted molar refractivity (Wildman–Crippen MR) is 90.4 cm³/mol. The number of rotatable bonds is 2. The third-order valence-electron chi connectivity index (χ3n) is 3.88.